The zero-order chi connectivity index (χ0) is 46.2. The quantitative estimate of drug-likeness (QED) is 0.0678. The third kappa shape index (κ3) is 10.0. The summed E-state index contributed by atoms with van der Waals surface area (Å²) in [5, 5.41) is 12.9. The van der Waals surface area contributed by atoms with Crippen molar-refractivity contribution in [2.45, 2.75) is 51.6 Å². The molecule has 360 valence electrons. The molecule has 10 rings (SSSR count). The second kappa shape index (κ2) is 20.6. The zero-order valence-corrected chi connectivity index (χ0v) is 37.8. The van der Waals surface area contributed by atoms with Gasteiger partial charge in [0, 0.05) is 70.7 Å². The van der Waals surface area contributed by atoms with E-state index >= 15 is 8.78 Å². The maximum absolute atomic E-state index is 15.2. The Balaban J connectivity index is 0.000000196. The Kier molecular flexibility index (Phi) is 14.8. The molecule has 18 nitrogen and oxygen atoms in total. The molecule has 2 amide bonds. The van der Waals surface area contributed by atoms with Crippen LogP contribution in [0, 0.1) is 25.5 Å². The van der Waals surface area contributed by atoms with Gasteiger partial charge in [0.15, 0.2) is 11.6 Å². The first-order chi connectivity index (χ1) is 31.8. The van der Waals surface area contributed by atoms with Crippen LogP contribution in [-0.2, 0) is 18.9 Å². The van der Waals surface area contributed by atoms with Gasteiger partial charge in [-0.1, -0.05) is 0 Å². The van der Waals surface area contributed by atoms with Crippen molar-refractivity contribution in [1.82, 2.24) is 19.9 Å². The van der Waals surface area contributed by atoms with Crippen LogP contribution in [0.3, 0.4) is 0 Å². The second-order valence-electron chi connectivity index (χ2n) is 15.7. The SMILES string of the molecule is Cc1c(-c2cc3cc(NC(=O)O[C@@H]4CCOC4)ncc3c(N)c2F)cnc2c1NC[C@@H](F)O2.Cc1c(-c2cc3cc(NC(=O)O[C@@H]4CCOC4)ncc3c(N)c2F)cnc2c1NC[C@H](F)O2.Cl.Cl. The number of amides is 2. The molecule has 4 aliphatic heterocycles. The predicted octanol–water partition coefficient (Wildman–Crippen LogP) is 8.37. The predicted molar refractivity (Wildman–Crippen MR) is 249 cm³/mol. The third-order valence-electron chi connectivity index (χ3n) is 11.3. The van der Waals surface area contributed by atoms with Gasteiger partial charge in [0.05, 0.1) is 50.9 Å². The number of nitrogens with zero attached hydrogens (tertiary/aromatic N) is 4. The van der Waals surface area contributed by atoms with Crippen molar-refractivity contribution in [3.63, 3.8) is 0 Å². The van der Waals surface area contributed by atoms with Crippen LogP contribution >= 0.6 is 24.8 Å². The topological polar surface area (TPSA) is 241 Å². The molecule has 68 heavy (non-hydrogen) atoms. The van der Waals surface area contributed by atoms with Crippen LogP contribution in [0.25, 0.3) is 43.8 Å². The number of nitrogen functional groups attached to an aromatic ring is 2. The molecule has 0 aliphatic carbocycles. The summed E-state index contributed by atoms with van der Waals surface area (Å²) in [6.45, 7) is 5.25. The van der Waals surface area contributed by atoms with Gasteiger partial charge >= 0.3 is 12.2 Å². The number of benzene rings is 2. The summed E-state index contributed by atoms with van der Waals surface area (Å²) in [4.78, 5) is 40.9. The van der Waals surface area contributed by atoms with E-state index < -0.39 is 36.5 Å². The van der Waals surface area contributed by atoms with E-state index in [0.717, 1.165) is 0 Å². The summed E-state index contributed by atoms with van der Waals surface area (Å²) in [6.07, 6.45) is 1.97. The van der Waals surface area contributed by atoms with Crippen molar-refractivity contribution in [1.29, 1.82) is 0 Å². The lowest BCUT2D eigenvalue weighted by Crippen LogP contribution is -2.27. The average molecular weight is 988 g/mol. The smallest absolute Gasteiger partial charge is 0.413 e. The number of carbonyl (C=O) groups excluding carboxylic acids is 2. The molecule has 6 aromatic rings. The molecule has 8 heterocycles. The summed E-state index contributed by atoms with van der Waals surface area (Å²) < 4.78 is 88.6. The molecule has 8 N–H and O–H groups in total. The highest BCUT2D eigenvalue weighted by Gasteiger charge is 2.28. The van der Waals surface area contributed by atoms with Crippen molar-refractivity contribution in [2.75, 3.05) is 72.3 Å². The minimum atomic E-state index is -1.50. The Morgan fingerprint density at radius 3 is 1.44 bits per heavy atom. The number of hydrogen-bond donors (Lipinski definition) is 6. The number of rotatable bonds is 6. The van der Waals surface area contributed by atoms with Crippen molar-refractivity contribution < 1.29 is 55.6 Å². The van der Waals surface area contributed by atoms with Gasteiger partial charge in [0.1, 0.15) is 35.2 Å². The molecule has 4 atom stereocenters. The molecule has 0 saturated carbocycles. The van der Waals surface area contributed by atoms with Crippen molar-refractivity contribution in [3.05, 3.63) is 71.8 Å². The van der Waals surface area contributed by atoms with Gasteiger partial charge in [0.2, 0.25) is 11.8 Å². The molecule has 2 fully saturated rings. The van der Waals surface area contributed by atoms with E-state index in [1.807, 2.05) is 0 Å². The van der Waals surface area contributed by atoms with Crippen LogP contribution in [0.2, 0.25) is 0 Å². The number of aromatic nitrogens is 4. The Hall–Kier alpha value is -6.88. The summed E-state index contributed by atoms with van der Waals surface area (Å²) in [5.41, 5.74) is 15.6. The maximum Gasteiger partial charge on any atom is 0.413 e. The van der Waals surface area contributed by atoms with E-state index in [0.29, 0.717) is 94.4 Å². The fourth-order valence-corrected chi connectivity index (χ4v) is 7.89. The Bertz CT molecular complexity index is 2700. The second-order valence-corrected chi connectivity index (χ2v) is 15.7. The number of nitrogens with two attached hydrogens (primary N) is 2. The zero-order valence-electron chi connectivity index (χ0n) is 36.1. The fraction of sp³-hybridized carbons (Fsp3) is 0.318. The molecule has 24 heteroatoms. The number of nitrogens with one attached hydrogen (secondary N) is 4. The highest BCUT2D eigenvalue weighted by atomic mass is 35.5. The Labute approximate surface area is 397 Å². The monoisotopic (exact) mass is 986 g/mol. The van der Waals surface area contributed by atoms with Crippen LogP contribution < -0.4 is 42.2 Å². The molecule has 0 radical (unpaired) electrons. The van der Waals surface area contributed by atoms with E-state index in [9.17, 15) is 18.4 Å². The first-order valence-electron chi connectivity index (χ1n) is 20.8. The van der Waals surface area contributed by atoms with E-state index in [1.165, 1.54) is 24.8 Å². The van der Waals surface area contributed by atoms with Gasteiger partial charge in [-0.15, -0.1) is 24.8 Å². The minimum Gasteiger partial charge on any atom is -0.443 e. The van der Waals surface area contributed by atoms with E-state index in [-0.39, 0.29) is 96.0 Å². The molecular weight excluding hydrogens is 943 g/mol. The summed E-state index contributed by atoms with van der Waals surface area (Å²) in [5.74, 6) is -0.566. The molecule has 2 aromatic carbocycles. The van der Waals surface area contributed by atoms with E-state index in [4.69, 9.17) is 39.9 Å². The normalized spacial score (nSPS) is 18.9. The number of alkyl halides is 2. The minimum absolute atomic E-state index is 0. The number of halogens is 6. The molecule has 0 bridgehead atoms. The summed E-state index contributed by atoms with van der Waals surface area (Å²) in [7, 11) is 0. The number of fused-ring (bicyclic) bond motifs is 4. The Morgan fingerprint density at radius 1 is 0.647 bits per heavy atom. The van der Waals surface area contributed by atoms with E-state index in [1.54, 1.807) is 38.1 Å². The van der Waals surface area contributed by atoms with Crippen LogP contribution in [0.1, 0.15) is 24.0 Å². The number of ether oxygens (including phenoxy) is 6. The number of pyridine rings is 4. The van der Waals surface area contributed by atoms with Crippen molar-refractivity contribution in [2.24, 2.45) is 0 Å². The first kappa shape index (κ1) is 49.0. The van der Waals surface area contributed by atoms with Crippen molar-refractivity contribution in [3.8, 4) is 34.0 Å². The van der Waals surface area contributed by atoms with E-state index in [2.05, 4.69) is 41.2 Å². The number of carbonyl (C=O) groups is 2. The number of hydrogen-bond acceptors (Lipinski definition) is 16. The lowest BCUT2D eigenvalue weighted by atomic mass is 9.97. The summed E-state index contributed by atoms with van der Waals surface area (Å²) >= 11 is 0. The Morgan fingerprint density at radius 2 is 1.06 bits per heavy atom. The fourth-order valence-electron chi connectivity index (χ4n) is 7.89. The largest absolute Gasteiger partial charge is 0.443 e. The first-order valence-corrected chi connectivity index (χ1v) is 20.8. The summed E-state index contributed by atoms with van der Waals surface area (Å²) in [6, 6.07) is 6.36. The molecule has 2 saturated heterocycles. The molecule has 4 aliphatic rings. The van der Waals surface area contributed by atoms with Crippen molar-refractivity contribution >= 4 is 92.9 Å². The highest BCUT2D eigenvalue weighted by molar-refractivity contribution is 6.01. The van der Waals surface area contributed by atoms with Gasteiger partial charge in [0.25, 0.3) is 12.7 Å². The standard InChI is InChI=1S/2C22H21F2N5O4.2ClH/c2*1-10-14(6-28-21-20(10)27-8-16(23)33-21)13-4-11-5-17(26-7-15(11)19(25)18(13)24)29-22(30)32-12-2-3-31-9-12;;/h2*4-7,12,16,27H,2-3,8-9,25H2,1H3,(H,26,29,30);2*1H/t12-,16+;12-,16-;;/m11../s1. The number of anilines is 6. The molecule has 0 unspecified atom stereocenters. The maximum atomic E-state index is 15.2. The van der Waals surface area contributed by atoms with Gasteiger partial charge < -0.3 is 50.5 Å². The lowest BCUT2D eigenvalue weighted by molar-refractivity contribution is 0.0684. The van der Waals surface area contributed by atoms with Crippen LogP contribution in [0.5, 0.6) is 11.8 Å². The van der Waals surface area contributed by atoms with Gasteiger partial charge in [-0.3, -0.25) is 10.6 Å². The lowest BCUT2D eigenvalue weighted by Gasteiger charge is -2.24. The van der Waals surface area contributed by atoms with Crippen LogP contribution in [0.4, 0.5) is 61.5 Å². The van der Waals surface area contributed by atoms with Crippen LogP contribution in [0.15, 0.2) is 49.1 Å². The van der Waals surface area contributed by atoms with Gasteiger partial charge in [-0.25, -0.2) is 38.3 Å². The molecule has 4 aromatic heterocycles. The highest BCUT2D eigenvalue weighted by Crippen LogP contribution is 2.42. The van der Waals surface area contributed by atoms with Gasteiger partial charge in [-0.2, -0.15) is 8.78 Å². The third-order valence-corrected chi connectivity index (χ3v) is 11.3. The van der Waals surface area contributed by atoms with Crippen LogP contribution in [-0.4, -0.2) is 96.6 Å². The molecule has 0 spiro atoms. The van der Waals surface area contributed by atoms with Gasteiger partial charge in [-0.05, 0) is 60.0 Å². The molecular formula is C44H44Cl2F4N10O8. The average Bonchev–Trinajstić information content (AvgIpc) is 4.02.